The van der Waals surface area contributed by atoms with Gasteiger partial charge in [-0.05, 0) is 43.4 Å². The lowest BCUT2D eigenvalue weighted by atomic mass is 10.00. The van der Waals surface area contributed by atoms with Gasteiger partial charge in [-0.1, -0.05) is 19.1 Å². The molecule has 0 aliphatic carbocycles. The monoisotopic (exact) mass is 346 g/mol. The van der Waals surface area contributed by atoms with Gasteiger partial charge in [0.05, 0.1) is 5.56 Å². The van der Waals surface area contributed by atoms with E-state index in [0.29, 0.717) is 12.1 Å². The third kappa shape index (κ3) is 5.59. The topological polar surface area (TPSA) is 75.7 Å². The zero-order valence-corrected chi connectivity index (χ0v) is 14.9. The minimum Gasteiger partial charge on any atom is -0.452 e. The molecule has 1 aliphatic heterocycles. The van der Waals surface area contributed by atoms with Crippen LogP contribution < -0.4 is 5.32 Å². The number of nitrogens with one attached hydrogen (secondary N) is 1. The van der Waals surface area contributed by atoms with Gasteiger partial charge in [0, 0.05) is 26.1 Å². The maximum absolute atomic E-state index is 12.3. The van der Waals surface area contributed by atoms with E-state index in [1.807, 2.05) is 4.90 Å². The van der Waals surface area contributed by atoms with Crippen LogP contribution in [0.1, 0.15) is 55.5 Å². The minimum atomic E-state index is -0.510. The summed E-state index contributed by atoms with van der Waals surface area (Å²) in [7, 11) is 0. The maximum Gasteiger partial charge on any atom is 0.338 e. The van der Waals surface area contributed by atoms with Gasteiger partial charge >= 0.3 is 5.97 Å². The number of carbonyl (C=O) groups excluding carboxylic acids is 3. The number of benzene rings is 1. The Morgan fingerprint density at radius 1 is 1.20 bits per heavy atom. The maximum atomic E-state index is 12.3. The number of rotatable bonds is 6. The quantitative estimate of drug-likeness (QED) is 0.802. The van der Waals surface area contributed by atoms with E-state index in [1.54, 1.807) is 24.3 Å². The first kappa shape index (κ1) is 19.0. The second-order valence-corrected chi connectivity index (χ2v) is 6.33. The van der Waals surface area contributed by atoms with E-state index in [4.69, 9.17) is 4.74 Å². The summed E-state index contributed by atoms with van der Waals surface area (Å²) in [5.74, 6) is -0.739. The highest BCUT2D eigenvalue weighted by Crippen LogP contribution is 2.19. The highest BCUT2D eigenvalue weighted by molar-refractivity contribution is 5.91. The molecule has 6 heteroatoms. The minimum absolute atomic E-state index is 0.106. The average molecular weight is 346 g/mol. The molecule has 1 heterocycles. The first-order chi connectivity index (χ1) is 12.0. The fraction of sp³-hybridized carbons (Fsp3) is 0.526. The molecule has 1 fully saturated rings. The van der Waals surface area contributed by atoms with Gasteiger partial charge < -0.3 is 15.0 Å². The normalized spacial score (nSPS) is 17.0. The van der Waals surface area contributed by atoms with E-state index in [-0.39, 0.29) is 24.5 Å². The standard InChI is InChI=1S/C19H26N2O4/c1-3-17-6-4-5-11-21(17)18(23)13-25-19(24)16-9-7-15(8-10-16)12-20-14(2)22/h7-10,17H,3-6,11-13H2,1-2H3,(H,20,22). The smallest absolute Gasteiger partial charge is 0.338 e. The Morgan fingerprint density at radius 3 is 2.56 bits per heavy atom. The van der Waals surface area contributed by atoms with E-state index in [9.17, 15) is 14.4 Å². The fourth-order valence-electron chi connectivity index (χ4n) is 3.03. The van der Waals surface area contributed by atoms with Crippen LogP contribution in [-0.2, 0) is 20.9 Å². The van der Waals surface area contributed by atoms with Crippen LogP contribution in [0.2, 0.25) is 0 Å². The van der Waals surface area contributed by atoms with Crippen LogP contribution >= 0.6 is 0 Å². The van der Waals surface area contributed by atoms with E-state index >= 15 is 0 Å². The van der Waals surface area contributed by atoms with Gasteiger partial charge in [0.2, 0.25) is 5.91 Å². The summed E-state index contributed by atoms with van der Waals surface area (Å²) in [6.45, 7) is 4.46. The fourth-order valence-corrected chi connectivity index (χ4v) is 3.03. The number of amides is 2. The molecule has 1 aliphatic rings. The van der Waals surface area contributed by atoms with Crippen LogP contribution in [0.3, 0.4) is 0 Å². The summed E-state index contributed by atoms with van der Waals surface area (Å²) in [5, 5.41) is 2.69. The largest absolute Gasteiger partial charge is 0.452 e. The Balaban J connectivity index is 1.84. The van der Waals surface area contributed by atoms with Crippen LogP contribution in [0.5, 0.6) is 0 Å². The molecule has 1 atom stereocenters. The van der Waals surface area contributed by atoms with Gasteiger partial charge in [0.1, 0.15) is 0 Å². The van der Waals surface area contributed by atoms with Crippen LogP contribution in [-0.4, -0.2) is 41.9 Å². The summed E-state index contributed by atoms with van der Waals surface area (Å²) in [6.07, 6.45) is 4.10. The van der Waals surface area contributed by atoms with Gasteiger partial charge in [-0.3, -0.25) is 9.59 Å². The average Bonchev–Trinajstić information content (AvgIpc) is 2.64. The van der Waals surface area contributed by atoms with Gasteiger partial charge in [0.15, 0.2) is 6.61 Å². The highest BCUT2D eigenvalue weighted by Gasteiger charge is 2.26. The number of hydrogen-bond acceptors (Lipinski definition) is 4. The molecule has 1 aromatic carbocycles. The predicted octanol–water partition coefficient (Wildman–Crippen LogP) is 2.27. The Kier molecular flexibility index (Phi) is 6.98. The van der Waals surface area contributed by atoms with Gasteiger partial charge in [-0.15, -0.1) is 0 Å². The van der Waals surface area contributed by atoms with E-state index < -0.39 is 5.97 Å². The summed E-state index contributed by atoms with van der Waals surface area (Å²) >= 11 is 0. The second-order valence-electron chi connectivity index (χ2n) is 6.33. The van der Waals surface area contributed by atoms with Crippen molar-refractivity contribution in [3.63, 3.8) is 0 Å². The third-order valence-electron chi connectivity index (χ3n) is 4.48. The molecule has 1 aromatic rings. The van der Waals surface area contributed by atoms with Crippen molar-refractivity contribution in [1.82, 2.24) is 10.2 Å². The number of esters is 1. The molecule has 136 valence electrons. The van der Waals surface area contributed by atoms with Crippen LogP contribution in [0.25, 0.3) is 0 Å². The zero-order chi connectivity index (χ0) is 18.2. The van der Waals surface area contributed by atoms with Crippen molar-refractivity contribution in [3.05, 3.63) is 35.4 Å². The van der Waals surface area contributed by atoms with Crippen molar-refractivity contribution in [1.29, 1.82) is 0 Å². The first-order valence-electron chi connectivity index (χ1n) is 8.81. The molecule has 25 heavy (non-hydrogen) atoms. The lowest BCUT2D eigenvalue weighted by Crippen LogP contribution is -2.45. The SMILES string of the molecule is CCC1CCCCN1C(=O)COC(=O)c1ccc(CNC(C)=O)cc1. The molecular formula is C19H26N2O4. The summed E-state index contributed by atoms with van der Waals surface area (Å²) in [5.41, 5.74) is 1.28. The Morgan fingerprint density at radius 2 is 1.92 bits per heavy atom. The van der Waals surface area contributed by atoms with Crippen molar-refractivity contribution in [2.75, 3.05) is 13.2 Å². The van der Waals surface area contributed by atoms with E-state index in [2.05, 4.69) is 12.2 Å². The van der Waals surface area contributed by atoms with Crippen LogP contribution in [0.15, 0.2) is 24.3 Å². The molecule has 0 aromatic heterocycles. The summed E-state index contributed by atoms with van der Waals surface area (Å²) in [6, 6.07) is 7.05. The van der Waals surface area contributed by atoms with Crippen molar-refractivity contribution in [2.24, 2.45) is 0 Å². The molecule has 1 saturated heterocycles. The Labute approximate surface area is 148 Å². The lowest BCUT2D eigenvalue weighted by molar-refractivity contribution is -0.138. The first-order valence-corrected chi connectivity index (χ1v) is 8.81. The molecule has 0 saturated carbocycles. The lowest BCUT2D eigenvalue weighted by Gasteiger charge is -2.35. The predicted molar refractivity (Wildman–Crippen MR) is 93.9 cm³/mol. The second kappa shape index (κ2) is 9.20. The molecule has 0 spiro atoms. The number of nitrogens with zero attached hydrogens (tertiary/aromatic N) is 1. The van der Waals surface area contributed by atoms with Gasteiger partial charge in [0.25, 0.3) is 5.91 Å². The molecule has 2 rings (SSSR count). The number of piperidine rings is 1. The molecule has 6 nitrogen and oxygen atoms in total. The highest BCUT2D eigenvalue weighted by atomic mass is 16.5. The zero-order valence-electron chi connectivity index (χ0n) is 14.9. The van der Waals surface area contributed by atoms with Crippen molar-refractivity contribution >= 4 is 17.8 Å². The molecular weight excluding hydrogens is 320 g/mol. The van der Waals surface area contributed by atoms with E-state index in [1.165, 1.54) is 6.92 Å². The number of carbonyl (C=O) groups is 3. The Bertz CT molecular complexity index is 612. The van der Waals surface area contributed by atoms with Gasteiger partial charge in [-0.25, -0.2) is 4.79 Å². The molecule has 1 N–H and O–H groups in total. The van der Waals surface area contributed by atoms with Gasteiger partial charge in [-0.2, -0.15) is 0 Å². The van der Waals surface area contributed by atoms with Crippen molar-refractivity contribution < 1.29 is 19.1 Å². The Hall–Kier alpha value is -2.37. The van der Waals surface area contributed by atoms with Crippen LogP contribution in [0, 0.1) is 0 Å². The van der Waals surface area contributed by atoms with Crippen LogP contribution in [0.4, 0.5) is 0 Å². The number of ether oxygens (including phenoxy) is 1. The van der Waals surface area contributed by atoms with E-state index in [0.717, 1.165) is 37.8 Å². The van der Waals surface area contributed by atoms with Crippen molar-refractivity contribution in [2.45, 2.75) is 52.1 Å². The number of hydrogen-bond donors (Lipinski definition) is 1. The summed E-state index contributed by atoms with van der Waals surface area (Å²) in [4.78, 5) is 37.1. The molecule has 1 unspecified atom stereocenters. The summed E-state index contributed by atoms with van der Waals surface area (Å²) < 4.78 is 5.17. The number of likely N-dealkylation sites (tertiary alicyclic amines) is 1. The van der Waals surface area contributed by atoms with Crippen molar-refractivity contribution in [3.8, 4) is 0 Å². The molecule has 0 bridgehead atoms. The molecule has 0 radical (unpaired) electrons. The molecule has 2 amide bonds. The third-order valence-corrected chi connectivity index (χ3v) is 4.48.